The lowest BCUT2D eigenvalue weighted by Gasteiger charge is -2.45. The van der Waals surface area contributed by atoms with Gasteiger partial charge in [-0.3, -0.25) is 4.90 Å². The fourth-order valence-electron chi connectivity index (χ4n) is 2.54. The zero-order valence-electron chi connectivity index (χ0n) is 11.6. The third-order valence-corrected chi connectivity index (χ3v) is 4.00. The Balaban J connectivity index is 2.49. The summed E-state index contributed by atoms with van der Waals surface area (Å²) in [6.07, 6.45) is 3.87. The van der Waals surface area contributed by atoms with Crippen LogP contribution in [0.25, 0.3) is 0 Å². The molecule has 0 spiro atoms. The van der Waals surface area contributed by atoms with Crippen molar-refractivity contribution in [1.29, 1.82) is 0 Å². The van der Waals surface area contributed by atoms with Crippen LogP contribution >= 0.6 is 0 Å². The maximum Gasteiger partial charge on any atom is 0.0615 e. The minimum Gasteiger partial charge on any atom is -0.383 e. The van der Waals surface area contributed by atoms with Crippen molar-refractivity contribution in [3.05, 3.63) is 0 Å². The van der Waals surface area contributed by atoms with Gasteiger partial charge in [0.05, 0.1) is 13.2 Å². The first-order valence-electron chi connectivity index (χ1n) is 6.59. The number of ether oxygens (including phenoxy) is 2. The molecule has 1 rings (SSSR count). The molecule has 1 aliphatic carbocycles. The molecule has 1 atom stereocenters. The zero-order chi connectivity index (χ0) is 12.7. The van der Waals surface area contributed by atoms with Gasteiger partial charge in [0.1, 0.15) is 0 Å². The zero-order valence-corrected chi connectivity index (χ0v) is 11.6. The van der Waals surface area contributed by atoms with Gasteiger partial charge in [-0.15, -0.1) is 0 Å². The van der Waals surface area contributed by atoms with Crippen molar-refractivity contribution < 1.29 is 9.47 Å². The van der Waals surface area contributed by atoms with Gasteiger partial charge in [-0.2, -0.15) is 0 Å². The SMILES string of the molecule is COCCN(CC1(CN)CCC1)C(C)COC. The predicted octanol–water partition coefficient (Wildman–Crippen LogP) is 1.10. The summed E-state index contributed by atoms with van der Waals surface area (Å²) in [5.74, 6) is 0. The Kier molecular flexibility index (Phi) is 6.41. The molecular formula is C13H28N2O2. The summed E-state index contributed by atoms with van der Waals surface area (Å²) in [6.45, 7) is 6.59. The molecule has 102 valence electrons. The number of nitrogens with zero attached hydrogens (tertiary/aromatic N) is 1. The molecule has 0 amide bonds. The topological polar surface area (TPSA) is 47.7 Å². The molecule has 1 aliphatic rings. The summed E-state index contributed by atoms with van der Waals surface area (Å²) < 4.78 is 10.4. The lowest BCUT2D eigenvalue weighted by Crippen LogP contribution is -2.51. The standard InChI is InChI=1S/C13H28N2O2/c1-12(9-17-3)15(7-8-16-2)11-13(10-14)5-4-6-13/h12H,4-11,14H2,1-3H3. The molecule has 1 fully saturated rings. The molecule has 0 bridgehead atoms. The van der Waals surface area contributed by atoms with Crippen molar-refractivity contribution in [2.24, 2.45) is 11.1 Å². The Labute approximate surface area is 105 Å². The van der Waals surface area contributed by atoms with E-state index in [9.17, 15) is 0 Å². The molecule has 0 heterocycles. The lowest BCUT2D eigenvalue weighted by molar-refractivity contribution is 0.0163. The molecule has 0 aromatic heterocycles. The second-order valence-corrected chi connectivity index (χ2v) is 5.33. The summed E-state index contributed by atoms with van der Waals surface area (Å²) in [7, 11) is 3.51. The highest BCUT2D eigenvalue weighted by Gasteiger charge is 2.37. The van der Waals surface area contributed by atoms with E-state index in [4.69, 9.17) is 15.2 Å². The number of hydrogen-bond acceptors (Lipinski definition) is 4. The van der Waals surface area contributed by atoms with Crippen LogP contribution in [0.4, 0.5) is 0 Å². The van der Waals surface area contributed by atoms with Crippen molar-refractivity contribution in [1.82, 2.24) is 4.90 Å². The molecule has 4 heteroatoms. The summed E-state index contributed by atoms with van der Waals surface area (Å²) >= 11 is 0. The van der Waals surface area contributed by atoms with E-state index in [0.29, 0.717) is 11.5 Å². The Morgan fingerprint density at radius 2 is 2.00 bits per heavy atom. The molecule has 0 aliphatic heterocycles. The van der Waals surface area contributed by atoms with Crippen LogP contribution in [0.2, 0.25) is 0 Å². The highest BCUT2D eigenvalue weighted by Crippen LogP contribution is 2.40. The van der Waals surface area contributed by atoms with E-state index < -0.39 is 0 Å². The molecule has 0 saturated heterocycles. The van der Waals surface area contributed by atoms with Crippen LogP contribution in [0.15, 0.2) is 0 Å². The molecule has 0 aromatic carbocycles. The number of methoxy groups -OCH3 is 2. The first-order valence-corrected chi connectivity index (χ1v) is 6.59. The Morgan fingerprint density at radius 3 is 2.41 bits per heavy atom. The van der Waals surface area contributed by atoms with Crippen LogP contribution in [-0.4, -0.2) is 58.0 Å². The minimum absolute atomic E-state index is 0.357. The summed E-state index contributed by atoms with van der Waals surface area (Å²) in [6, 6.07) is 0.430. The van der Waals surface area contributed by atoms with Gasteiger partial charge in [0.2, 0.25) is 0 Å². The summed E-state index contributed by atoms with van der Waals surface area (Å²) in [5.41, 5.74) is 6.29. The quantitative estimate of drug-likeness (QED) is 0.660. The van der Waals surface area contributed by atoms with Crippen molar-refractivity contribution in [2.45, 2.75) is 32.2 Å². The first kappa shape index (κ1) is 14.9. The van der Waals surface area contributed by atoms with E-state index in [1.54, 1.807) is 14.2 Å². The lowest BCUT2D eigenvalue weighted by atomic mass is 9.68. The van der Waals surface area contributed by atoms with Gasteiger partial charge in [-0.25, -0.2) is 0 Å². The van der Waals surface area contributed by atoms with Crippen molar-refractivity contribution in [3.63, 3.8) is 0 Å². The van der Waals surface area contributed by atoms with E-state index in [-0.39, 0.29) is 0 Å². The Hall–Kier alpha value is -0.160. The third kappa shape index (κ3) is 4.21. The molecule has 17 heavy (non-hydrogen) atoms. The van der Waals surface area contributed by atoms with Crippen LogP contribution in [0, 0.1) is 5.41 Å². The highest BCUT2D eigenvalue weighted by atomic mass is 16.5. The van der Waals surface area contributed by atoms with Gasteiger partial charge in [0.25, 0.3) is 0 Å². The van der Waals surface area contributed by atoms with Crippen molar-refractivity contribution in [2.75, 3.05) is 47.1 Å². The molecule has 1 saturated carbocycles. The van der Waals surface area contributed by atoms with Crippen LogP contribution < -0.4 is 5.73 Å². The number of hydrogen-bond donors (Lipinski definition) is 1. The van der Waals surface area contributed by atoms with Crippen molar-refractivity contribution >= 4 is 0 Å². The van der Waals surface area contributed by atoms with Gasteiger partial charge < -0.3 is 15.2 Å². The summed E-state index contributed by atoms with van der Waals surface area (Å²) in [5, 5.41) is 0. The van der Waals surface area contributed by atoms with Gasteiger partial charge in [-0.1, -0.05) is 6.42 Å². The highest BCUT2D eigenvalue weighted by molar-refractivity contribution is 4.92. The van der Waals surface area contributed by atoms with Crippen molar-refractivity contribution in [3.8, 4) is 0 Å². The minimum atomic E-state index is 0.357. The largest absolute Gasteiger partial charge is 0.383 e. The molecule has 1 unspecified atom stereocenters. The fourth-order valence-corrected chi connectivity index (χ4v) is 2.54. The fraction of sp³-hybridized carbons (Fsp3) is 1.00. The average molecular weight is 244 g/mol. The van der Waals surface area contributed by atoms with Crippen LogP contribution in [0.3, 0.4) is 0 Å². The molecule has 0 radical (unpaired) electrons. The van der Waals surface area contributed by atoms with Crippen LogP contribution in [-0.2, 0) is 9.47 Å². The van der Waals surface area contributed by atoms with E-state index >= 15 is 0 Å². The molecule has 0 aromatic rings. The average Bonchev–Trinajstić information content (AvgIpc) is 2.28. The van der Waals surface area contributed by atoms with E-state index in [1.807, 2.05) is 0 Å². The number of nitrogens with two attached hydrogens (primary N) is 1. The normalized spacial score (nSPS) is 20.3. The Bertz CT molecular complexity index is 202. The van der Waals surface area contributed by atoms with E-state index in [0.717, 1.165) is 32.8 Å². The van der Waals surface area contributed by atoms with E-state index in [1.165, 1.54) is 19.3 Å². The van der Waals surface area contributed by atoms with E-state index in [2.05, 4.69) is 11.8 Å². The smallest absolute Gasteiger partial charge is 0.0615 e. The maximum absolute atomic E-state index is 5.93. The Morgan fingerprint density at radius 1 is 1.29 bits per heavy atom. The first-order chi connectivity index (χ1) is 8.17. The van der Waals surface area contributed by atoms with Gasteiger partial charge in [0, 0.05) is 33.4 Å². The monoisotopic (exact) mass is 244 g/mol. The maximum atomic E-state index is 5.93. The van der Waals surface area contributed by atoms with Gasteiger partial charge in [0.15, 0.2) is 0 Å². The van der Waals surface area contributed by atoms with Gasteiger partial charge in [-0.05, 0) is 31.7 Å². The predicted molar refractivity (Wildman–Crippen MR) is 70.1 cm³/mol. The molecule has 4 nitrogen and oxygen atoms in total. The van der Waals surface area contributed by atoms with Gasteiger partial charge >= 0.3 is 0 Å². The second-order valence-electron chi connectivity index (χ2n) is 5.33. The third-order valence-electron chi connectivity index (χ3n) is 4.00. The van der Waals surface area contributed by atoms with Crippen LogP contribution in [0.1, 0.15) is 26.2 Å². The second kappa shape index (κ2) is 7.31. The number of rotatable bonds is 9. The van der Waals surface area contributed by atoms with Crippen LogP contribution in [0.5, 0.6) is 0 Å². The summed E-state index contributed by atoms with van der Waals surface area (Å²) in [4.78, 5) is 2.46. The molecular weight excluding hydrogens is 216 g/mol. The molecule has 2 N–H and O–H groups in total.